The summed E-state index contributed by atoms with van der Waals surface area (Å²) >= 11 is 6.42. The summed E-state index contributed by atoms with van der Waals surface area (Å²) in [6, 6.07) is 11.8. The largest absolute Gasteiger partial charge is 0.490 e. The Morgan fingerprint density at radius 2 is 2.07 bits per heavy atom. The number of nitrogens with one attached hydrogen (secondary N) is 1. The molecule has 2 aliphatic heterocycles. The summed E-state index contributed by atoms with van der Waals surface area (Å²) < 4.78 is 29.2. The molecule has 238 valence electrons. The molecule has 2 aromatic carbocycles. The highest BCUT2D eigenvalue weighted by Crippen LogP contribution is 2.47. The van der Waals surface area contributed by atoms with Crippen molar-refractivity contribution in [3.05, 3.63) is 70.3 Å². The Hall–Kier alpha value is -2.52. The first-order chi connectivity index (χ1) is 21.0. The fourth-order valence-corrected chi connectivity index (χ4v) is 9.65. The smallest absolute Gasteiger partial charge is 0.262 e. The molecule has 44 heavy (non-hydrogen) atoms. The van der Waals surface area contributed by atoms with Gasteiger partial charge in [0.2, 0.25) is 0 Å². The summed E-state index contributed by atoms with van der Waals surface area (Å²) in [5.41, 5.74) is 3.66. The zero-order valence-electron chi connectivity index (χ0n) is 26.0. The molecule has 0 radical (unpaired) electrons. The number of halogens is 1. The quantitative estimate of drug-likeness (QED) is 0.330. The third-order valence-electron chi connectivity index (χ3n) is 10.7. The van der Waals surface area contributed by atoms with E-state index in [1.807, 2.05) is 24.3 Å². The molecule has 2 aliphatic carbocycles. The lowest BCUT2D eigenvalue weighted by Gasteiger charge is -2.46. The lowest BCUT2D eigenvalue weighted by atomic mass is 9.68. The van der Waals surface area contributed by atoms with E-state index in [2.05, 4.69) is 33.7 Å². The highest BCUT2D eigenvalue weighted by atomic mass is 35.5. The number of methoxy groups -OCH3 is 1. The minimum atomic E-state index is -3.09. The van der Waals surface area contributed by atoms with Gasteiger partial charge in [-0.15, -0.1) is 0 Å². The van der Waals surface area contributed by atoms with Crippen LogP contribution >= 0.6 is 11.6 Å². The van der Waals surface area contributed by atoms with Gasteiger partial charge in [-0.05, 0) is 112 Å². The highest BCUT2D eigenvalue weighted by Gasteiger charge is 2.44. The summed E-state index contributed by atoms with van der Waals surface area (Å²) in [5.74, 6) is 4.65. The maximum Gasteiger partial charge on any atom is 0.262 e. The van der Waals surface area contributed by atoms with Crippen LogP contribution in [-0.4, -0.2) is 65.4 Å². The molecule has 2 heterocycles. The van der Waals surface area contributed by atoms with Gasteiger partial charge in [0, 0.05) is 47.4 Å². The van der Waals surface area contributed by atoms with Crippen molar-refractivity contribution >= 4 is 38.8 Å². The molecule has 6 rings (SSSR count). The number of aliphatic hydroxyl groups is 1. The first kappa shape index (κ1) is 31.5. The van der Waals surface area contributed by atoms with Gasteiger partial charge in [-0.2, -0.15) is 0 Å². The van der Waals surface area contributed by atoms with Crippen LogP contribution in [0.1, 0.15) is 67.4 Å². The van der Waals surface area contributed by atoms with Crippen molar-refractivity contribution in [1.82, 2.24) is 4.72 Å². The Kier molecular flexibility index (Phi) is 8.83. The number of hydrogen-bond acceptors (Lipinski definition) is 6. The van der Waals surface area contributed by atoms with Crippen LogP contribution in [0, 0.1) is 17.8 Å². The average Bonchev–Trinajstić information content (AvgIpc) is 3.12. The van der Waals surface area contributed by atoms with Crippen molar-refractivity contribution in [1.29, 1.82) is 0 Å². The predicted octanol–water partition coefficient (Wildman–Crippen LogP) is 5.56. The Morgan fingerprint density at radius 1 is 1.25 bits per heavy atom. The number of nitrogens with zero attached hydrogens (tertiary/aromatic N) is 1. The molecule has 7 nitrogen and oxygen atoms in total. The normalized spacial score (nSPS) is 35.2. The second kappa shape index (κ2) is 12.3. The summed E-state index contributed by atoms with van der Waals surface area (Å²) in [6.45, 7) is 5.60. The second-order valence-corrected chi connectivity index (χ2v) is 16.3. The van der Waals surface area contributed by atoms with Gasteiger partial charge in [-0.25, -0.2) is 4.21 Å². The van der Waals surface area contributed by atoms with E-state index in [-0.39, 0.29) is 17.4 Å². The number of anilines is 1. The predicted molar refractivity (Wildman–Crippen MR) is 178 cm³/mol. The van der Waals surface area contributed by atoms with E-state index < -0.39 is 27.0 Å². The van der Waals surface area contributed by atoms with E-state index in [1.165, 1.54) is 11.1 Å². The zero-order chi connectivity index (χ0) is 31.2. The minimum Gasteiger partial charge on any atom is -0.490 e. The first-order valence-electron chi connectivity index (χ1n) is 15.9. The molecule has 4 aliphatic rings. The van der Waals surface area contributed by atoms with Crippen LogP contribution in [0.2, 0.25) is 5.02 Å². The molecular formula is C35H45ClN2O5S. The van der Waals surface area contributed by atoms with Crippen molar-refractivity contribution in [3.63, 3.8) is 0 Å². The molecule has 0 saturated heterocycles. The molecule has 0 aromatic heterocycles. The van der Waals surface area contributed by atoms with Crippen molar-refractivity contribution in [3.8, 4) is 5.75 Å². The third-order valence-corrected chi connectivity index (χ3v) is 13.1. The van der Waals surface area contributed by atoms with Crippen molar-refractivity contribution in [2.45, 2.75) is 75.2 Å². The van der Waals surface area contributed by atoms with E-state index in [4.69, 9.17) is 21.1 Å². The monoisotopic (exact) mass is 640 g/mol. The third kappa shape index (κ3) is 5.91. The molecule has 1 saturated carbocycles. The lowest BCUT2D eigenvalue weighted by molar-refractivity contribution is 0.0130. The van der Waals surface area contributed by atoms with Crippen LogP contribution in [0.3, 0.4) is 0 Å². The number of rotatable bonds is 2. The van der Waals surface area contributed by atoms with Crippen LogP contribution in [0.15, 0.2) is 48.6 Å². The van der Waals surface area contributed by atoms with Crippen LogP contribution < -0.4 is 14.4 Å². The van der Waals surface area contributed by atoms with Gasteiger partial charge < -0.3 is 19.5 Å². The van der Waals surface area contributed by atoms with Gasteiger partial charge in [0.15, 0.2) is 0 Å². The molecule has 1 amide bonds. The maximum atomic E-state index is 13.8. The Bertz CT molecular complexity index is 1540. The van der Waals surface area contributed by atoms with Gasteiger partial charge in [-0.3, -0.25) is 9.52 Å². The highest BCUT2D eigenvalue weighted by molar-refractivity contribution is 7.99. The zero-order valence-corrected chi connectivity index (χ0v) is 27.5. The SMILES string of the molecule is C=S1(=O)NC(=O)c2ccc3c(c2)N(C[C@@H]2CC[C@H]2[C@@H](OC)/C=C/C[C@H]([C@H](C)O)[C@H]1C)C[C@@]1(CCCc2cc(Cl)ccc21)CO3. The number of fused-ring (bicyclic) bond motifs is 4. The van der Waals surface area contributed by atoms with E-state index >= 15 is 0 Å². The fraction of sp³-hybridized carbons (Fsp3) is 0.543. The molecule has 1 fully saturated rings. The number of benzene rings is 2. The molecule has 1 spiro atoms. The van der Waals surface area contributed by atoms with Crippen LogP contribution in [-0.2, 0) is 26.3 Å². The van der Waals surface area contributed by atoms with Gasteiger partial charge in [0.05, 0.1) is 34.2 Å². The molecule has 2 bridgehead atoms. The molecule has 1 unspecified atom stereocenters. The average molecular weight is 641 g/mol. The van der Waals surface area contributed by atoms with E-state index in [9.17, 15) is 14.1 Å². The summed E-state index contributed by atoms with van der Waals surface area (Å²) in [6.07, 6.45) is 9.10. The van der Waals surface area contributed by atoms with Crippen molar-refractivity contribution in [2.24, 2.45) is 17.8 Å². The lowest BCUT2D eigenvalue weighted by Crippen LogP contribution is -2.49. The van der Waals surface area contributed by atoms with Crippen LogP contribution in [0.5, 0.6) is 5.75 Å². The molecule has 9 heteroatoms. The van der Waals surface area contributed by atoms with Crippen LogP contribution in [0.4, 0.5) is 5.69 Å². The van der Waals surface area contributed by atoms with Gasteiger partial charge in [-0.1, -0.05) is 29.8 Å². The summed E-state index contributed by atoms with van der Waals surface area (Å²) in [4.78, 5) is 16.0. The first-order valence-corrected chi connectivity index (χ1v) is 18.0. The number of carbonyl (C=O) groups excluding carboxylic acids is 1. The standard InChI is InChI=1S/C35H45ClN2O5S/c1-22(39)28-8-5-9-32(42-3)29-13-10-26(29)19-38-20-35(16-6-7-24-17-27(36)12-14-30(24)35)21-43-33-15-11-25(18-31(33)38)34(40)37-44(4,41)23(28)2/h5,9,11-12,14-15,17-18,22-23,26,28-29,32,39H,4,6-8,10,13,16,19-21H2,1-3H3,(H,37,40,41)/b9-5+/t22-,23+,26-,28+,29+,32-,35-,44?/m0/s1. The van der Waals surface area contributed by atoms with Crippen LogP contribution in [0.25, 0.3) is 0 Å². The second-order valence-electron chi connectivity index (χ2n) is 13.4. The number of ether oxygens (including phenoxy) is 2. The van der Waals surface area contributed by atoms with Gasteiger partial charge in [0.1, 0.15) is 5.75 Å². The number of allylic oxidation sites excluding steroid dienone is 1. The van der Waals surface area contributed by atoms with Crippen molar-refractivity contribution < 1.29 is 23.6 Å². The molecule has 2 aromatic rings. The number of aryl methyl sites for hydroxylation is 1. The van der Waals surface area contributed by atoms with Gasteiger partial charge >= 0.3 is 0 Å². The molecule has 8 atom stereocenters. The molecule has 2 N–H and O–H groups in total. The number of amides is 1. The maximum absolute atomic E-state index is 13.8. The number of carbonyl (C=O) groups is 1. The number of hydrogen-bond donors (Lipinski definition) is 2. The van der Waals surface area contributed by atoms with Gasteiger partial charge in [0.25, 0.3) is 5.91 Å². The number of aliphatic hydroxyl groups excluding tert-OH is 1. The summed E-state index contributed by atoms with van der Waals surface area (Å²) in [7, 11) is -1.33. The Balaban J connectivity index is 1.43. The minimum absolute atomic E-state index is 0.0593. The topological polar surface area (TPSA) is 88.1 Å². The fourth-order valence-electron chi connectivity index (χ4n) is 7.93. The van der Waals surface area contributed by atoms with Crippen molar-refractivity contribution in [2.75, 3.05) is 31.7 Å². The van der Waals surface area contributed by atoms with E-state index in [0.717, 1.165) is 61.7 Å². The summed E-state index contributed by atoms with van der Waals surface area (Å²) in [5, 5.41) is 10.8. The Morgan fingerprint density at radius 3 is 2.80 bits per heavy atom. The molecular weight excluding hydrogens is 596 g/mol. The van der Waals surface area contributed by atoms with E-state index in [1.54, 1.807) is 27.0 Å². The van der Waals surface area contributed by atoms with E-state index in [0.29, 0.717) is 30.4 Å². The Labute approximate surface area is 267 Å².